The maximum Gasteiger partial charge on any atom is 0.256 e. The molecular formula is C19H21NO2. The van der Waals surface area contributed by atoms with Crippen molar-refractivity contribution in [1.29, 1.82) is 0 Å². The van der Waals surface area contributed by atoms with Crippen molar-refractivity contribution >= 4 is 16.3 Å². The zero-order chi connectivity index (χ0) is 16.3. The molecule has 3 rings (SSSR count). The number of allylic oxidation sites excluding steroid dienone is 4. The predicted octanol–water partition coefficient (Wildman–Crippen LogP) is 4.12. The summed E-state index contributed by atoms with van der Waals surface area (Å²) in [6, 6.07) is 7.35. The van der Waals surface area contributed by atoms with Crippen LogP contribution in [0, 0.1) is 0 Å². The molecule has 0 amide bonds. The van der Waals surface area contributed by atoms with Crippen LogP contribution in [0.2, 0.25) is 0 Å². The van der Waals surface area contributed by atoms with E-state index < -0.39 is 6.10 Å². The minimum atomic E-state index is -0.684. The first-order valence-electron chi connectivity index (χ1n) is 7.48. The summed E-state index contributed by atoms with van der Waals surface area (Å²) < 4.78 is 0. The minimum Gasteiger partial charge on any atom is -0.384 e. The minimum absolute atomic E-state index is 0.134. The van der Waals surface area contributed by atoms with E-state index >= 15 is 0 Å². The first-order chi connectivity index (χ1) is 10.6. The Balaban J connectivity index is 0.000000847. The molecule has 1 atom stereocenters. The molecule has 0 bridgehead atoms. The maximum absolute atomic E-state index is 12.2. The molecule has 1 unspecified atom stereocenters. The third kappa shape index (κ3) is 2.44. The highest BCUT2D eigenvalue weighted by atomic mass is 16.3. The van der Waals surface area contributed by atoms with Crippen LogP contribution in [0.4, 0.5) is 0 Å². The van der Waals surface area contributed by atoms with Gasteiger partial charge < -0.3 is 10.1 Å². The van der Waals surface area contributed by atoms with Crippen molar-refractivity contribution in [2.45, 2.75) is 26.9 Å². The van der Waals surface area contributed by atoms with Gasteiger partial charge in [0, 0.05) is 16.5 Å². The lowest BCUT2D eigenvalue weighted by Gasteiger charge is -2.09. The van der Waals surface area contributed by atoms with Crippen molar-refractivity contribution in [1.82, 2.24) is 4.98 Å². The van der Waals surface area contributed by atoms with Crippen LogP contribution in [-0.4, -0.2) is 10.1 Å². The van der Waals surface area contributed by atoms with E-state index in [0.29, 0.717) is 11.1 Å². The second-order valence-electron chi connectivity index (χ2n) is 4.88. The van der Waals surface area contributed by atoms with Crippen LogP contribution in [0.5, 0.6) is 0 Å². The van der Waals surface area contributed by atoms with E-state index in [1.807, 2.05) is 45.0 Å². The van der Waals surface area contributed by atoms with Crippen molar-refractivity contribution in [3.8, 4) is 0 Å². The van der Waals surface area contributed by atoms with Crippen LogP contribution in [0.25, 0.3) is 16.3 Å². The summed E-state index contributed by atoms with van der Waals surface area (Å²) in [6.07, 6.45) is 4.65. The van der Waals surface area contributed by atoms with Gasteiger partial charge in [-0.1, -0.05) is 56.9 Å². The van der Waals surface area contributed by atoms with Crippen molar-refractivity contribution in [3.05, 3.63) is 76.3 Å². The first-order valence-corrected chi connectivity index (χ1v) is 7.48. The molecule has 2 N–H and O–H groups in total. The zero-order valence-corrected chi connectivity index (χ0v) is 13.2. The van der Waals surface area contributed by atoms with Gasteiger partial charge in [-0.3, -0.25) is 4.79 Å². The number of aromatic nitrogens is 1. The number of H-pyrrole nitrogens is 1. The van der Waals surface area contributed by atoms with Crippen molar-refractivity contribution in [3.63, 3.8) is 0 Å². The number of hydrogen-bond donors (Lipinski definition) is 2. The topological polar surface area (TPSA) is 53.1 Å². The summed E-state index contributed by atoms with van der Waals surface area (Å²) in [7, 11) is 0. The van der Waals surface area contributed by atoms with Gasteiger partial charge in [0.2, 0.25) is 0 Å². The molecule has 1 aromatic carbocycles. The number of fused-ring (bicyclic) bond motifs is 3. The van der Waals surface area contributed by atoms with Crippen LogP contribution in [0.15, 0.2) is 59.4 Å². The standard InChI is InChI=1S/C17H15NO2.C2H6/c1-3-4-7-11-10(2)16(19)14-12-8-5-6-9-13(12)17(20)18-15(11)14;1-2/h3-9,16,19H,1H2,2H3,(H,18,20);1-2H3/b7-4-;. The van der Waals surface area contributed by atoms with Crippen molar-refractivity contribution < 1.29 is 5.11 Å². The highest BCUT2D eigenvalue weighted by Crippen LogP contribution is 2.42. The number of rotatable bonds is 2. The molecule has 3 heteroatoms. The van der Waals surface area contributed by atoms with E-state index in [9.17, 15) is 9.90 Å². The number of aromatic amines is 1. The highest BCUT2D eigenvalue weighted by molar-refractivity contribution is 5.94. The van der Waals surface area contributed by atoms with Crippen LogP contribution in [-0.2, 0) is 0 Å². The van der Waals surface area contributed by atoms with Gasteiger partial charge in [0.1, 0.15) is 6.10 Å². The highest BCUT2D eigenvalue weighted by Gasteiger charge is 2.29. The molecule has 0 spiro atoms. The molecule has 22 heavy (non-hydrogen) atoms. The monoisotopic (exact) mass is 295 g/mol. The lowest BCUT2D eigenvalue weighted by atomic mass is 10.0. The van der Waals surface area contributed by atoms with E-state index in [0.717, 1.165) is 22.1 Å². The summed E-state index contributed by atoms with van der Waals surface area (Å²) in [6.45, 7) is 9.52. The summed E-state index contributed by atoms with van der Waals surface area (Å²) >= 11 is 0. The van der Waals surface area contributed by atoms with Gasteiger partial charge in [-0.05, 0) is 23.9 Å². The Morgan fingerprint density at radius 3 is 2.50 bits per heavy atom. The molecule has 0 fully saturated rings. The zero-order valence-electron chi connectivity index (χ0n) is 13.2. The van der Waals surface area contributed by atoms with Gasteiger partial charge in [-0.2, -0.15) is 0 Å². The Bertz CT molecular complexity index is 825. The Morgan fingerprint density at radius 2 is 1.86 bits per heavy atom. The van der Waals surface area contributed by atoms with Gasteiger partial charge >= 0.3 is 0 Å². The smallest absolute Gasteiger partial charge is 0.256 e. The van der Waals surface area contributed by atoms with E-state index in [4.69, 9.17) is 0 Å². The number of nitrogens with one attached hydrogen (secondary N) is 1. The number of aliphatic hydroxyl groups excluding tert-OH is 1. The van der Waals surface area contributed by atoms with Crippen molar-refractivity contribution in [2.75, 3.05) is 0 Å². The third-order valence-corrected chi connectivity index (χ3v) is 3.75. The molecule has 1 aliphatic rings. The predicted molar refractivity (Wildman–Crippen MR) is 92.8 cm³/mol. The second-order valence-corrected chi connectivity index (χ2v) is 4.88. The van der Waals surface area contributed by atoms with Gasteiger partial charge in [-0.25, -0.2) is 0 Å². The molecule has 1 aliphatic carbocycles. The first kappa shape index (κ1) is 16.0. The van der Waals surface area contributed by atoms with Gasteiger partial charge in [0.05, 0.1) is 5.69 Å². The molecule has 1 aromatic heterocycles. The fraction of sp³-hybridized carbons (Fsp3) is 0.211. The summed E-state index contributed by atoms with van der Waals surface area (Å²) in [4.78, 5) is 15.1. The fourth-order valence-corrected chi connectivity index (χ4v) is 2.74. The SMILES string of the molecule is C=C/C=C\C1=C(C)C(O)c2c1[nH]c(=O)c1ccccc21.CC. The lowest BCUT2D eigenvalue weighted by Crippen LogP contribution is -2.11. The Hall–Kier alpha value is -2.39. The van der Waals surface area contributed by atoms with Gasteiger partial charge in [0.15, 0.2) is 0 Å². The molecule has 0 radical (unpaired) electrons. The van der Waals surface area contributed by atoms with Gasteiger partial charge in [0.25, 0.3) is 5.56 Å². The van der Waals surface area contributed by atoms with Gasteiger partial charge in [-0.15, -0.1) is 0 Å². The fourth-order valence-electron chi connectivity index (χ4n) is 2.74. The molecule has 2 aromatic rings. The number of benzene rings is 1. The van der Waals surface area contributed by atoms with E-state index in [1.54, 1.807) is 18.2 Å². The van der Waals surface area contributed by atoms with Crippen LogP contribution in [0.1, 0.15) is 38.1 Å². The Kier molecular flexibility index (Phi) is 4.78. The Morgan fingerprint density at radius 1 is 1.23 bits per heavy atom. The summed E-state index contributed by atoms with van der Waals surface area (Å²) in [5.41, 5.74) is 3.05. The number of aliphatic hydroxyl groups is 1. The van der Waals surface area contributed by atoms with Crippen molar-refractivity contribution in [2.24, 2.45) is 0 Å². The van der Waals surface area contributed by atoms with E-state index in [1.165, 1.54) is 0 Å². The molecule has 3 nitrogen and oxygen atoms in total. The van der Waals surface area contributed by atoms with Crippen LogP contribution in [0.3, 0.4) is 0 Å². The summed E-state index contributed by atoms with van der Waals surface area (Å²) in [5, 5.41) is 11.9. The normalized spacial score (nSPS) is 16.6. The maximum atomic E-state index is 12.2. The number of pyridine rings is 1. The molecule has 1 heterocycles. The molecule has 0 aliphatic heterocycles. The number of hydrogen-bond acceptors (Lipinski definition) is 2. The van der Waals surface area contributed by atoms with Crippen LogP contribution < -0.4 is 5.56 Å². The quantitative estimate of drug-likeness (QED) is 0.819. The van der Waals surface area contributed by atoms with E-state index in [2.05, 4.69) is 11.6 Å². The van der Waals surface area contributed by atoms with Crippen LogP contribution >= 0.6 is 0 Å². The summed E-state index contributed by atoms with van der Waals surface area (Å²) in [5.74, 6) is 0. The molecular weight excluding hydrogens is 274 g/mol. The average Bonchev–Trinajstić information content (AvgIpc) is 2.79. The molecule has 0 saturated carbocycles. The van der Waals surface area contributed by atoms with E-state index in [-0.39, 0.29) is 5.56 Å². The molecule has 0 saturated heterocycles. The molecule has 114 valence electrons. The lowest BCUT2D eigenvalue weighted by molar-refractivity contribution is 0.221. The second kappa shape index (κ2) is 6.58. The largest absolute Gasteiger partial charge is 0.384 e. The Labute approximate surface area is 130 Å². The average molecular weight is 295 g/mol. The third-order valence-electron chi connectivity index (χ3n) is 3.75.